The van der Waals surface area contributed by atoms with Gasteiger partial charge in [0.05, 0.1) is 12.3 Å². The number of ether oxygens (including phenoxy) is 1. The molecule has 88 valence electrons. The minimum Gasteiger partial charge on any atom is -0.489 e. The van der Waals surface area contributed by atoms with Crippen LogP contribution in [0.25, 0.3) is 0 Å². The highest BCUT2D eigenvalue weighted by Crippen LogP contribution is 2.26. The average Bonchev–Trinajstić information content (AvgIpc) is 2.39. The van der Waals surface area contributed by atoms with Gasteiger partial charge in [-0.25, -0.2) is 0 Å². The number of anilines is 2. The molecule has 0 saturated heterocycles. The van der Waals surface area contributed by atoms with Crippen molar-refractivity contribution in [1.29, 1.82) is 0 Å². The molecule has 2 aromatic rings. The summed E-state index contributed by atoms with van der Waals surface area (Å²) in [6, 6.07) is 17.6. The summed E-state index contributed by atoms with van der Waals surface area (Å²) >= 11 is 0. The molecule has 2 rings (SSSR count). The molecule has 0 heterocycles. The Morgan fingerprint density at radius 3 is 2.41 bits per heavy atom. The summed E-state index contributed by atoms with van der Waals surface area (Å²) in [5.41, 5.74) is 1.90. The van der Waals surface area contributed by atoms with Crippen molar-refractivity contribution in [3.8, 4) is 5.75 Å². The Kier molecular flexibility index (Phi) is 4.00. The van der Waals surface area contributed by atoms with Gasteiger partial charge in [-0.15, -0.1) is 0 Å². The first-order valence-corrected chi connectivity index (χ1v) is 5.55. The lowest BCUT2D eigenvalue weighted by Gasteiger charge is -2.12. The van der Waals surface area contributed by atoms with Crippen LogP contribution in [0.1, 0.15) is 0 Å². The second-order valence-electron chi connectivity index (χ2n) is 3.56. The zero-order valence-corrected chi connectivity index (χ0v) is 9.47. The molecule has 2 aromatic carbocycles. The van der Waals surface area contributed by atoms with E-state index in [2.05, 4.69) is 5.32 Å². The van der Waals surface area contributed by atoms with Crippen LogP contribution in [0.5, 0.6) is 5.75 Å². The molecule has 0 aliphatic rings. The predicted octanol–water partition coefficient (Wildman–Crippen LogP) is 2.80. The summed E-state index contributed by atoms with van der Waals surface area (Å²) in [5, 5.41) is 12.0. The van der Waals surface area contributed by atoms with E-state index in [9.17, 15) is 0 Å². The Labute approximate surface area is 101 Å². The molecule has 0 radical (unpaired) electrons. The van der Waals surface area contributed by atoms with Crippen LogP contribution in [0.15, 0.2) is 54.6 Å². The van der Waals surface area contributed by atoms with Crippen LogP contribution in [-0.4, -0.2) is 18.3 Å². The normalized spacial score (nSPS) is 9.94. The smallest absolute Gasteiger partial charge is 0.142 e. The zero-order chi connectivity index (χ0) is 11.9. The van der Waals surface area contributed by atoms with Gasteiger partial charge in [0.2, 0.25) is 0 Å². The number of para-hydroxylation sites is 3. The van der Waals surface area contributed by atoms with E-state index in [1.54, 1.807) is 0 Å². The Morgan fingerprint density at radius 2 is 1.65 bits per heavy atom. The fourth-order valence-electron chi connectivity index (χ4n) is 1.53. The number of nitrogens with one attached hydrogen (secondary N) is 1. The number of hydrogen-bond donors (Lipinski definition) is 2. The van der Waals surface area contributed by atoms with Gasteiger partial charge in [0, 0.05) is 5.69 Å². The number of benzene rings is 2. The van der Waals surface area contributed by atoms with E-state index in [4.69, 9.17) is 9.84 Å². The van der Waals surface area contributed by atoms with Gasteiger partial charge in [0.1, 0.15) is 12.4 Å². The van der Waals surface area contributed by atoms with E-state index < -0.39 is 0 Å². The molecule has 0 atom stereocenters. The van der Waals surface area contributed by atoms with E-state index >= 15 is 0 Å². The summed E-state index contributed by atoms with van der Waals surface area (Å²) in [5.74, 6) is 0.741. The van der Waals surface area contributed by atoms with Gasteiger partial charge in [0.15, 0.2) is 0 Å². The summed E-state index contributed by atoms with van der Waals surface area (Å²) in [6.45, 7) is 0.313. The Hall–Kier alpha value is -2.00. The van der Waals surface area contributed by atoms with Crippen molar-refractivity contribution in [2.45, 2.75) is 0 Å². The maximum Gasteiger partial charge on any atom is 0.142 e. The third kappa shape index (κ3) is 3.23. The van der Waals surface area contributed by atoms with Crippen LogP contribution in [0.2, 0.25) is 0 Å². The van der Waals surface area contributed by atoms with Crippen molar-refractivity contribution >= 4 is 11.4 Å². The lowest BCUT2D eigenvalue weighted by Crippen LogP contribution is -2.03. The minimum atomic E-state index is 0.0136. The fraction of sp³-hybridized carbons (Fsp3) is 0.143. The van der Waals surface area contributed by atoms with Gasteiger partial charge in [-0.05, 0) is 24.3 Å². The number of aliphatic hydroxyl groups is 1. The van der Waals surface area contributed by atoms with Gasteiger partial charge in [-0.1, -0.05) is 30.3 Å². The van der Waals surface area contributed by atoms with Crippen molar-refractivity contribution in [1.82, 2.24) is 0 Å². The van der Waals surface area contributed by atoms with Gasteiger partial charge < -0.3 is 15.2 Å². The standard InChI is InChI=1S/C14H15NO2/c16-10-11-17-14-9-5-4-8-13(14)15-12-6-2-1-3-7-12/h1-9,15-16H,10-11H2. The summed E-state index contributed by atoms with van der Waals surface area (Å²) in [6.07, 6.45) is 0. The van der Waals surface area contributed by atoms with Crippen molar-refractivity contribution in [2.75, 3.05) is 18.5 Å². The first kappa shape index (κ1) is 11.5. The summed E-state index contributed by atoms with van der Waals surface area (Å²) in [4.78, 5) is 0. The molecule has 0 unspecified atom stereocenters. The van der Waals surface area contributed by atoms with Crippen LogP contribution < -0.4 is 10.1 Å². The lowest BCUT2D eigenvalue weighted by atomic mass is 10.2. The minimum absolute atomic E-state index is 0.0136. The monoisotopic (exact) mass is 229 g/mol. The van der Waals surface area contributed by atoms with Gasteiger partial charge in [-0.2, -0.15) is 0 Å². The maximum atomic E-state index is 8.76. The molecule has 0 aliphatic heterocycles. The van der Waals surface area contributed by atoms with E-state index in [1.807, 2.05) is 54.6 Å². The lowest BCUT2D eigenvalue weighted by molar-refractivity contribution is 0.202. The quantitative estimate of drug-likeness (QED) is 0.828. The van der Waals surface area contributed by atoms with Crippen LogP contribution >= 0.6 is 0 Å². The Morgan fingerprint density at radius 1 is 0.941 bits per heavy atom. The molecule has 2 N–H and O–H groups in total. The highest BCUT2D eigenvalue weighted by atomic mass is 16.5. The van der Waals surface area contributed by atoms with Gasteiger partial charge >= 0.3 is 0 Å². The second kappa shape index (κ2) is 5.92. The second-order valence-corrected chi connectivity index (χ2v) is 3.56. The first-order chi connectivity index (χ1) is 8.40. The molecule has 3 nitrogen and oxygen atoms in total. The van der Waals surface area contributed by atoms with E-state index in [1.165, 1.54) is 0 Å². The van der Waals surface area contributed by atoms with Crippen molar-refractivity contribution in [2.24, 2.45) is 0 Å². The average molecular weight is 229 g/mol. The SMILES string of the molecule is OCCOc1ccccc1Nc1ccccc1. The largest absolute Gasteiger partial charge is 0.489 e. The van der Waals surface area contributed by atoms with Gasteiger partial charge in [0.25, 0.3) is 0 Å². The van der Waals surface area contributed by atoms with Crippen molar-refractivity contribution in [3.63, 3.8) is 0 Å². The predicted molar refractivity (Wildman–Crippen MR) is 68.7 cm³/mol. The number of aliphatic hydroxyl groups excluding tert-OH is 1. The maximum absolute atomic E-state index is 8.76. The van der Waals surface area contributed by atoms with Crippen LogP contribution in [0.3, 0.4) is 0 Å². The molecule has 0 aliphatic carbocycles. The van der Waals surface area contributed by atoms with E-state index in [0.29, 0.717) is 6.61 Å². The molecular weight excluding hydrogens is 214 g/mol. The van der Waals surface area contributed by atoms with Crippen LogP contribution in [0, 0.1) is 0 Å². The molecule has 0 amide bonds. The molecule has 0 spiro atoms. The Balaban J connectivity index is 2.15. The molecule has 3 heteroatoms. The van der Waals surface area contributed by atoms with E-state index in [-0.39, 0.29) is 6.61 Å². The van der Waals surface area contributed by atoms with Crippen molar-refractivity contribution < 1.29 is 9.84 Å². The molecule has 0 fully saturated rings. The van der Waals surface area contributed by atoms with Crippen LogP contribution in [0.4, 0.5) is 11.4 Å². The Bertz CT molecular complexity index is 457. The first-order valence-electron chi connectivity index (χ1n) is 5.55. The highest BCUT2D eigenvalue weighted by Gasteiger charge is 2.02. The zero-order valence-electron chi connectivity index (χ0n) is 9.47. The van der Waals surface area contributed by atoms with Crippen molar-refractivity contribution in [3.05, 3.63) is 54.6 Å². The highest BCUT2D eigenvalue weighted by molar-refractivity contribution is 5.65. The third-order valence-electron chi connectivity index (χ3n) is 2.29. The molecule has 0 aromatic heterocycles. The summed E-state index contributed by atoms with van der Waals surface area (Å²) in [7, 11) is 0. The third-order valence-corrected chi connectivity index (χ3v) is 2.29. The number of hydrogen-bond acceptors (Lipinski definition) is 3. The summed E-state index contributed by atoms with van der Waals surface area (Å²) < 4.78 is 5.45. The molecule has 0 saturated carbocycles. The van der Waals surface area contributed by atoms with Gasteiger partial charge in [-0.3, -0.25) is 0 Å². The molecule has 0 bridgehead atoms. The van der Waals surface area contributed by atoms with E-state index in [0.717, 1.165) is 17.1 Å². The number of rotatable bonds is 5. The molecule has 17 heavy (non-hydrogen) atoms. The molecular formula is C14H15NO2. The van der Waals surface area contributed by atoms with Crippen LogP contribution in [-0.2, 0) is 0 Å². The fourth-order valence-corrected chi connectivity index (χ4v) is 1.53. The topological polar surface area (TPSA) is 41.5 Å².